The second-order valence-corrected chi connectivity index (χ2v) is 7.38. The van der Waals surface area contributed by atoms with Crippen LogP contribution in [-0.4, -0.2) is 38.5 Å². The number of aryl methyl sites for hydroxylation is 1. The predicted molar refractivity (Wildman–Crippen MR) is 90.8 cm³/mol. The largest absolute Gasteiger partial charge is 0.388 e. The van der Waals surface area contributed by atoms with Crippen molar-refractivity contribution in [3.8, 4) is 0 Å². The van der Waals surface area contributed by atoms with Crippen molar-refractivity contribution in [3.63, 3.8) is 0 Å². The summed E-state index contributed by atoms with van der Waals surface area (Å²) in [7, 11) is 0. The normalized spacial score (nSPS) is 30.6. The number of rotatable bonds is 3. The number of hydrogen-bond acceptors (Lipinski definition) is 5. The summed E-state index contributed by atoms with van der Waals surface area (Å²) in [4.78, 5) is 16.9. The summed E-state index contributed by atoms with van der Waals surface area (Å²) < 4.78 is 7.53. The fraction of sp³-hybridized carbons (Fsp3) is 0.556. The molecule has 128 valence electrons. The Morgan fingerprint density at radius 1 is 1.29 bits per heavy atom. The lowest BCUT2D eigenvalue weighted by Crippen LogP contribution is -2.64. The highest BCUT2D eigenvalue weighted by molar-refractivity contribution is 5.75. The zero-order chi connectivity index (χ0) is 16.9. The molecule has 6 nitrogen and oxygen atoms in total. The van der Waals surface area contributed by atoms with Crippen molar-refractivity contribution in [1.29, 1.82) is 0 Å². The Bertz CT molecular complexity index is 820. The third-order valence-corrected chi connectivity index (χ3v) is 5.67. The highest BCUT2D eigenvalue weighted by atomic mass is 16.5. The SMILES string of the molecule is Cc1ccc2ccc(=O)n(CC(O)C34CCC(N)(CC3)CO4)c2n1. The van der Waals surface area contributed by atoms with Crippen LogP contribution in [0.5, 0.6) is 0 Å². The molecule has 0 radical (unpaired) electrons. The third kappa shape index (κ3) is 2.46. The van der Waals surface area contributed by atoms with Gasteiger partial charge in [0.2, 0.25) is 0 Å². The molecule has 1 aliphatic carbocycles. The second kappa shape index (κ2) is 5.37. The first-order valence-electron chi connectivity index (χ1n) is 8.49. The van der Waals surface area contributed by atoms with Gasteiger partial charge in [0.1, 0.15) is 11.8 Å². The molecule has 2 aliphatic heterocycles. The second-order valence-electron chi connectivity index (χ2n) is 7.38. The predicted octanol–water partition coefficient (Wildman–Crippen LogP) is 1.11. The van der Waals surface area contributed by atoms with Gasteiger partial charge in [-0.1, -0.05) is 0 Å². The van der Waals surface area contributed by atoms with Crippen LogP contribution in [0.25, 0.3) is 11.0 Å². The van der Waals surface area contributed by atoms with Gasteiger partial charge in [0.05, 0.1) is 18.8 Å². The molecule has 24 heavy (non-hydrogen) atoms. The standard InChI is InChI=1S/C18H23N3O3/c1-12-2-3-13-4-5-15(23)21(16(13)20-12)10-14(22)18-8-6-17(19,7-9-18)11-24-18/h2-5,14,22H,6-11,19H2,1H3. The van der Waals surface area contributed by atoms with E-state index >= 15 is 0 Å². The van der Waals surface area contributed by atoms with Gasteiger partial charge in [0.15, 0.2) is 0 Å². The fourth-order valence-corrected chi connectivity index (χ4v) is 3.95. The van der Waals surface area contributed by atoms with Crippen LogP contribution < -0.4 is 11.3 Å². The maximum Gasteiger partial charge on any atom is 0.252 e. The van der Waals surface area contributed by atoms with Crippen molar-refractivity contribution < 1.29 is 9.84 Å². The monoisotopic (exact) mass is 329 g/mol. The molecule has 1 saturated carbocycles. The number of nitrogens with zero attached hydrogens (tertiary/aromatic N) is 2. The summed E-state index contributed by atoms with van der Waals surface area (Å²) in [5.74, 6) is 0. The molecule has 2 saturated heterocycles. The van der Waals surface area contributed by atoms with Crippen molar-refractivity contribution in [2.24, 2.45) is 5.73 Å². The average molecular weight is 329 g/mol. The van der Waals surface area contributed by atoms with Crippen LogP contribution in [0.4, 0.5) is 0 Å². The Labute approximate surface area is 140 Å². The van der Waals surface area contributed by atoms with Gasteiger partial charge in [-0.3, -0.25) is 9.36 Å². The molecule has 5 rings (SSSR count). The van der Waals surface area contributed by atoms with E-state index in [0.29, 0.717) is 12.3 Å². The first kappa shape index (κ1) is 15.7. The molecule has 2 bridgehead atoms. The lowest BCUT2D eigenvalue weighted by molar-refractivity contribution is -0.204. The molecule has 0 aromatic carbocycles. The zero-order valence-corrected chi connectivity index (χ0v) is 13.9. The van der Waals surface area contributed by atoms with Crippen molar-refractivity contribution in [2.75, 3.05) is 6.61 Å². The van der Waals surface area contributed by atoms with E-state index in [0.717, 1.165) is 36.8 Å². The van der Waals surface area contributed by atoms with Crippen LogP contribution in [0.1, 0.15) is 31.4 Å². The smallest absolute Gasteiger partial charge is 0.252 e. The van der Waals surface area contributed by atoms with E-state index in [-0.39, 0.29) is 17.6 Å². The van der Waals surface area contributed by atoms with Gasteiger partial charge in [-0.15, -0.1) is 0 Å². The van der Waals surface area contributed by atoms with Crippen molar-refractivity contribution in [3.05, 3.63) is 40.3 Å². The molecule has 4 heterocycles. The van der Waals surface area contributed by atoms with Crippen molar-refractivity contribution in [1.82, 2.24) is 9.55 Å². The Hall–Kier alpha value is -1.76. The summed E-state index contributed by atoms with van der Waals surface area (Å²) in [5.41, 5.74) is 6.71. The molecule has 1 unspecified atom stereocenters. The quantitative estimate of drug-likeness (QED) is 0.880. The van der Waals surface area contributed by atoms with Gasteiger partial charge in [-0.25, -0.2) is 4.98 Å². The summed E-state index contributed by atoms with van der Waals surface area (Å²) >= 11 is 0. The number of fused-ring (bicyclic) bond motifs is 4. The van der Waals surface area contributed by atoms with Gasteiger partial charge in [0, 0.05) is 22.7 Å². The Morgan fingerprint density at radius 2 is 2.00 bits per heavy atom. The van der Waals surface area contributed by atoms with E-state index < -0.39 is 11.7 Å². The molecule has 3 fully saturated rings. The summed E-state index contributed by atoms with van der Waals surface area (Å²) in [6.45, 7) is 2.55. The molecular weight excluding hydrogens is 306 g/mol. The molecule has 2 aromatic heterocycles. The number of aliphatic hydroxyl groups excluding tert-OH is 1. The maximum absolute atomic E-state index is 12.4. The summed E-state index contributed by atoms with van der Waals surface area (Å²) in [6, 6.07) is 7.15. The number of aliphatic hydroxyl groups is 1. The highest BCUT2D eigenvalue weighted by Gasteiger charge is 2.51. The minimum Gasteiger partial charge on any atom is -0.388 e. The van der Waals surface area contributed by atoms with E-state index in [1.807, 2.05) is 19.1 Å². The number of pyridine rings is 2. The maximum atomic E-state index is 12.4. The van der Waals surface area contributed by atoms with Crippen LogP contribution >= 0.6 is 0 Å². The van der Waals surface area contributed by atoms with Crippen LogP contribution in [0.15, 0.2) is 29.1 Å². The zero-order valence-electron chi connectivity index (χ0n) is 13.9. The number of nitrogens with two attached hydrogens (primary N) is 1. The topological polar surface area (TPSA) is 90.4 Å². The van der Waals surface area contributed by atoms with Gasteiger partial charge in [-0.2, -0.15) is 0 Å². The average Bonchev–Trinajstić information content (AvgIpc) is 2.58. The van der Waals surface area contributed by atoms with Crippen molar-refractivity contribution >= 4 is 11.0 Å². The van der Waals surface area contributed by atoms with Crippen LogP contribution in [0.3, 0.4) is 0 Å². The molecule has 3 N–H and O–H groups in total. The number of hydrogen-bond donors (Lipinski definition) is 2. The lowest BCUT2D eigenvalue weighted by atomic mass is 9.69. The fourth-order valence-electron chi connectivity index (χ4n) is 3.95. The summed E-state index contributed by atoms with van der Waals surface area (Å²) in [5, 5.41) is 11.8. The third-order valence-electron chi connectivity index (χ3n) is 5.67. The van der Waals surface area contributed by atoms with Gasteiger partial charge < -0.3 is 15.6 Å². The lowest BCUT2D eigenvalue weighted by Gasteiger charge is -2.53. The van der Waals surface area contributed by atoms with E-state index in [1.165, 1.54) is 6.07 Å². The Balaban J connectivity index is 1.68. The van der Waals surface area contributed by atoms with Crippen LogP contribution in [0, 0.1) is 6.92 Å². The van der Waals surface area contributed by atoms with Crippen LogP contribution in [0.2, 0.25) is 0 Å². The molecule has 6 heteroatoms. The van der Waals surface area contributed by atoms with E-state index in [2.05, 4.69) is 4.98 Å². The number of aromatic nitrogens is 2. The first-order chi connectivity index (χ1) is 11.4. The molecule has 3 aliphatic rings. The summed E-state index contributed by atoms with van der Waals surface area (Å²) in [6.07, 6.45) is 2.42. The van der Waals surface area contributed by atoms with E-state index in [4.69, 9.17) is 10.5 Å². The van der Waals surface area contributed by atoms with Gasteiger partial charge in [-0.05, 0) is 50.8 Å². The van der Waals surface area contributed by atoms with Crippen molar-refractivity contribution in [2.45, 2.75) is 56.4 Å². The number of ether oxygens (including phenoxy) is 1. The molecule has 1 atom stereocenters. The van der Waals surface area contributed by atoms with E-state index in [9.17, 15) is 9.90 Å². The molecule has 0 amide bonds. The minimum atomic E-state index is -0.757. The van der Waals surface area contributed by atoms with E-state index in [1.54, 1.807) is 10.6 Å². The Kier molecular flexibility index (Phi) is 3.53. The first-order valence-corrected chi connectivity index (χ1v) is 8.49. The highest BCUT2D eigenvalue weighted by Crippen LogP contribution is 2.44. The molecular formula is C18H23N3O3. The molecule has 2 aromatic rings. The Morgan fingerprint density at radius 3 is 2.67 bits per heavy atom. The van der Waals surface area contributed by atoms with Gasteiger partial charge in [0.25, 0.3) is 5.56 Å². The molecule has 0 spiro atoms. The van der Waals surface area contributed by atoms with Gasteiger partial charge >= 0.3 is 0 Å². The minimum absolute atomic E-state index is 0.157. The van der Waals surface area contributed by atoms with Crippen LogP contribution in [-0.2, 0) is 11.3 Å².